The molecule has 3 amide bonds. The van der Waals surface area contributed by atoms with E-state index in [1.807, 2.05) is 0 Å². The molecule has 0 radical (unpaired) electrons. The highest BCUT2D eigenvalue weighted by Gasteiger charge is 2.33. The summed E-state index contributed by atoms with van der Waals surface area (Å²) in [5.74, 6) is -0.671. The van der Waals surface area contributed by atoms with Crippen LogP contribution in [0.3, 0.4) is 0 Å². The number of methoxy groups -OCH3 is 1. The topological polar surface area (TPSA) is 157 Å². The zero-order valence-electron chi connectivity index (χ0n) is 18.9. The minimum atomic E-state index is -0.651. The third-order valence-corrected chi connectivity index (χ3v) is 5.13. The molecule has 0 bridgehead atoms. The fourth-order valence-corrected chi connectivity index (χ4v) is 3.35. The van der Waals surface area contributed by atoms with Crippen LogP contribution in [-0.4, -0.2) is 80.5 Å². The van der Waals surface area contributed by atoms with Gasteiger partial charge in [0, 0.05) is 30.4 Å². The van der Waals surface area contributed by atoms with Gasteiger partial charge in [-0.25, -0.2) is 19.0 Å². The Bertz CT molecular complexity index is 1080. The van der Waals surface area contributed by atoms with Gasteiger partial charge in [-0.3, -0.25) is 15.1 Å². The van der Waals surface area contributed by atoms with Crippen molar-refractivity contribution in [1.29, 1.82) is 5.41 Å². The van der Waals surface area contributed by atoms with Gasteiger partial charge in [0.1, 0.15) is 24.3 Å². The number of alkyl carbamates (subject to hydrolysis) is 1. The smallest absolute Gasteiger partial charge is 0.414 e. The lowest BCUT2D eigenvalue weighted by atomic mass is 10.1. The molecular weight excluding hydrogens is 463 g/mol. The maximum atomic E-state index is 14.9. The minimum Gasteiger partial charge on any atom is -0.453 e. The highest BCUT2D eigenvalue weighted by atomic mass is 19.1. The van der Waals surface area contributed by atoms with Gasteiger partial charge in [0.15, 0.2) is 0 Å². The van der Waals surface area contributed by atoms with Crippen LogP contribution in [-0.2, 0) is 14.3 Å². The number of carbonyl (C=O) groups excluding carboxylic acids is 3. The SMILES string of the molecule is COC(=O)NCC1CN(c2ccc(-c3ccc(N(C=N)CCNC(=O)CO)nc3)c(F)c2)C(=O)O1. The standard InChI is InChI=1S/C22H25FN6O6/c1-34-21(32)27-10-16-11-29(22(33)35-16)15-3-4-17(18(23)8-15)14-2-5-19(26-9-14)28(13-24)7-6-25-20(31)12-30/h2-5,8-9,13,16,24,30H,6-7,10-12H2,1H3,(H,25,31)(H,27,32). The Labute approximate surface area is 200 Å². The normalized spacial score (nSPS) is 14.8. The monoisotopic (exact) mass is 488 g/mol. The van der Waals surface area contributed by atoms with Crippen molar-refractivity contribution in [2.45, 2.75) is 6.10 Å². The molecule has 0 spiro atoms. The van der Waals surface area contributed by atoms with E-state index in [2.05, 4.69) is 20.4 Å². The fraction of sp³-hybridized carbons (Fsp3) is 0.318. The molecule has 186 valence electrons. The summed E-state index contributed by atoms with van der Waals surface area (Å²) in [5, 5.41) is 21.2. The Kier molecular flexibility index (Phi) is 8.51. The number of halogens is 1. The van der Waals surface area contributed by atoms with Crippen LogP contribution in [0.5, 0.6) is 0 Å². The Morgan fingerprint density at radius 1 is 1.37 bits per heavy atom. The number of nitrogens with one attached hydrogen (secondary N) is 3. The lowest BCUT2D eigenvalue weighted by Crippen LogP contribution is -2.35. The van der Waals surface area contributed by atoms with E-state index in [1.165, 1.54) is 35.2 Å². The molecule has 1 saturated heterocycles. The molecule has 2 aromatic rings. The van der Waals surface area contributed by atoms with Crippen molar-refractivity contribution in [2.75, 3.05) is 49.7 Å². The first kappa shape index (κ1) is 25.4. The number of amides is 3. The van der Waals surface area contributed by atoms with Gasteiger partial charge in [-0.1, -0.05) is 0 Å². The largest absolute Gasteiger partial charge is 0.453 e. The lowest BCUT2D eigenvalue weighted by molar-refractivity contribution is -0.123. The van der Waals surface area contributed by atoms with Crippen molar-refractivity contribution in [3.63, 3.8) is 0 Å². The zero-order valence-corrected chi connectivity index (χ0v) is 18.9. The van der Waals surface area contributed by atoms with Crippen molar-refractivity contribution >= 4 is 35.9 Å². The Hall–Kier alpha value is -4.26. The highest BCUT2D eigenvalue weighted by molar-refractivity contribution is 5.90. The summed E-state index contributed by atoms with van der Waals surface area (Å²) in [7, 11) is 1.22. The summed E-state index contributed by atoms with van der Waals surface area (Å²) < 4.78 is 24.6. The van der Waals surface area contributed by atoms with Crippen molar-refractivity contribution < 1.29 is 33.4 Å². The van der Waals surface area contributed by atoms with E-state index in [9.17, 15) is 18.8 Å². The van der Waals surface area contributed by atoms with Crippen molar-refractivity contribution in [2.24, 2.45) is 0 Å². The number of aromatic nitrogens is 1. The number of nitrogens with zero attached hydrogens (tertiary/aromatic N) is 3. The number of rotatable bonds is 10. The first-order valence-corrected chi connectivity index (χ1v) is 10.6. The fourth-order valence-electron chi connectivity index (χ4n) is 3.35. The first-order chi connectivity index (χ1) is 16.9. The second kappa shape index (κ2) is 11.7. The Balaban J connectivity index is 1.66. The van der Waals surface area contributed by atoms with E-state index < -0.39 is 36.6 Å². The molecule has 3 rings (SSSR count). The average Bonchev–Trinajstić information content (AvgIpc) is 3.25. The van der Waals surface area contributed by atoms with E-state index in [0.29, 0.717) is 17.1 Å². The second-order valence-corrected chi connectivity index (χ2v) is 7.39. The maximum Gasteiger partial charge on any atom is 0.414 e. The number of ether oxygens (including phenoxy) is 2. The Morgan fingerprint density at radius 2 is 2.17 bits per heavy atom. The van der Waals surface area contributed by atoms with Crippen molar-refractivity contribution in [1.82, 2.24) is 15.6 Å². The molecule has 1 unspecified atom stereocenters. The van der Waals surface area contributed by atoms with Crippen LogP contribution in [0.4, 0.5) is 25.5 Å². The molecule has 1 aliphatic heterocycles. The van der Waals surface area contributed by atoms with Gasteiger partial charge in [0.25, 0.3) is 0 Å². The second-order valence-electron chi connectivity index (χ2n) is 7.39. The van der Waals surface area contributed by atoms with Crippen LogP contribution in [0.1, 0.15) is 0 Å². The van der Waals surface area contributed by atoms with Gasteiger partial charge in [0.2, 0.25) is 5.91 Å². The van der Waals surface area contributed by atoms with E-state index >= 15 is 0 Å². The van der Waals surface area contributed by atoms with E-state index in [0.717, 1.165) is 6.34 Å². The summed E-state index contributed by atoms with van der Waals surface area (Å²) in [6.07, 6.45) is 0.601. The number of cyclic esters (lactones) is 1. The van der Waals surface area contributed by atoms with Crippen molar-refractivity contribution in [3.8, 4) is 11.1 Å². The van der Waals surface area contributed by atoms with Gasteiger partial charge < -0.3 is 30.1 Å². The van der Waals surface area contributed by atoms with Crippen LogP contribution < -0.4 is 20.4 Å². The van der Waals surface area contributed by atoms with Crippen LogP contribution in [0.15, 0.2) is 36.5 Å². The number of pyridine rings is 1. The van der Waals surface area contributed by atoms with Gasteiger partial charge in [-0.2, -0.15) is 0 Å². The summed E-state index contributed by atoms with van der Waals surface area (Å²) >= 11 is 0. The molecule has 1 atom stereocenters. The summed E-state index contributed by atoms with van der Waals surface area (Å²) in [6.45, 7) is 0.0394. The van der Waals surface area contributed by atoms with E-state index in [1.54, 1.807) is 18.2 Å². The number of hydrogen-bond donors (Lipinski definition) is 4. The molecule has 1 aliphatic rings. The van der Waals surface area contributed by atoms with Gasteiger partial charge in [-0.05, 0) is 30.3 Å². The number of aliphatic hydroxyl groups excluding tert-OH is 1. The molecule has 13 heteroatoms. The molecule has 1 aromatic heterocycles. The molecule has 1 aromatic carbocycles. The maximum absolute atomic E-state index is 14.9. The first-order valence-electron chi connectivity index (χ1n) is 10.6. The Morgan fingerprint density at radius 3 is 2.80 bits per heavy atom. The summed E-state index contributed by atoms with van der Waals surface area (Å²) in [6, 6.07) is 7.57. The molecule has 1 fully saturated rings. The lowest BCUT2D eigenvalue weighted by Gasteiger charge is -2.18. The van der Waals surface area contributed by atoms with Gasteiger partial charge in [0.05, 0.1) is 32.2 Å². The number of hydrogen-bond acceptors (Lipinski definition) is 8. The molecule has 4 N–H and O–H groups in total. The minimum absolute atomic E-state index is 0.0636. The van der Waals surface area contributed by atoms with E-state index in [-0.39, 0.29) is 31.7 Å². The predicted molar refractivity (Wildman–Crippen MR) is 124 cm³/mol. The van der Waals surface area contributed by atoms with Gasteiger partial charge in [-0.15, -0.1) is 0 Å². The van der Waals surface area contributed by atoms with Crippen LogP contribution in [0.2, 0.25) is 0 Å². The molecule has 2 heterocycles. The van der Waals surface area contributed by atoms with Crippen LogP contribution in [0.25, 0.3) is 11.1 Å². The molecule has 0 saturated carbocycles. The van der Waals surface area contributed by atoms with Crippen LogP contribution in [0, 0.1) is 11.2 Å². The van der Waals surface area contributed by atoms with Crippen LogP contribution >= 0.6 is 0 Å². The number of anilines is 2. The summed E-state index contributed by atoms with van der Waals surface area (Å²) in [4.78, 5) is 41.5. The predicted octanol–water partition coefficient (Wildman–Crippen LogP) is 1.09. The molecule has 0 aliphatic carbocycles. The third kappa shape index (κ3) is 6.41. The number of benzene rings is 1. The number of carbonyl (C=O) groups is 3. The van der Waals surface area contributed by atoms with Crippen molar-refractivity contribution in [3.05, 3.63) is 42.3 Å². The molecule has 35 heavy (non-hydrogen) atoms. The highest BCUT2D eigenvalue weighted by Crippen LogP contribution is 2.29. The average molecular weight is 488 g/mol. The van der Waals surface area contributed by atoms with E-state index in [4.69, 9.17) is 15.3 Å². The zero-order chi connectivity index (χ0) is 25.4. The summed E-state index contributed by atoms with van der Waals surface area (Å²) in [5.41, 5.74) is 1.06. The quantitative estimate of drug-likeness (QED) is 0.286. The van der Waals surface area contributed by atoms with Gasteiger partial charge >= 0.3 is 12.2 Å². The number of aliphatic hydroxyl groups is 1. The molecule has 12 nitrogen and oxygen atoms in total. The third-order valence-electron chi connectivity index (χ3n) is 5.13. The molecular formula is C22H25FN6O6.